The van der Waals surface area contributed by atoms with Crippen molar-refractivity contribution in [2.75, 3.05) is 11.1 Å². The summed E-state index contributed by atoms with van der Waals surface area (Å²) in [5, 5.41) is 3.32. The number of nitrogens with one attached hydrogen (secondary N) is 1. The Hall–Kier alpha value is -3.03. The van der Waals surface area contributed by atoms with Crippen LogP contribution in [0.25, 0.3) is 21.5 Å². The van der Waals surface area contributed by atoms with Gasteiger partial charge in [-0.05, 0) is 42.5 Å². The maximum absolute atomic E-state index is 13.6. The van der Waals surface area contributed by atoms with E-state index in [0.717, 1.165) is 17.3 Å². The Bertz CT molecular complexity index is 1160. The SMILES string of the molecule is Nc1c(C(=O)Nc2ccc(Cl)c(F)c2)sc2nc(-c3ccncc3)ccc12. The molecule has 4 aromatic rings. The van der Waals surface area contributed by atoms with Crippen LogP contribution in [0, 0.1) is 5.82 Å². The number of pyridine rings is 2. The molecule has 0 bridgehead atoms. The second-order valence-corrected chi connectivity index (χ2v) is 7.12. The summed E-state index contributed by atoms with van der Waals surface area (Å²) in [6.45, 7) is 0. The Morgan fingerprint density at radius 3 is 2.67 bits per heavy atom. The van der Waals surface area contributed by atoms with E-state index in [-0.39, 0.29) is 5.02 Å². The summed E-state index contributed by atoms with van der Waals surface area (Å²) in [5.41, 5.74) is 8.46. The molecule has 4 rings (SSSR count). The zero-order chi connectivity index (χ0) is 19.0. The molecule has 0 unspecified atom stereocenters. The zero-order valence-electron chi connectivity index (χ0n) is 13.7. The molecule has 5 nitrogen and oxygen atoms in total. The maximum atomic E-state index is 13.6. The maximum Gasteiger partial charge on any atom is 0.267 e. The molecule has 0 fully saturated rings. The minimum absolute atomic E-state index is 0.0118. The topological polar surface area (TPSA) is 80.9 Å². The fraction of sp³-hybridized carbons (Fsp3) is 0. The largest absolute Gasteiger partial charge is 0.397 e. The number of carbonyl (C=O) groups is 1. The fourth-order valence-electron chi connectivity index (χ4n) is 2.61. The average molecular weight is 399 g/mol. The first-order valence-corrected chi connectivity index (χ1v) is 9.08. The number of thiophene rings is 1. The molecule has 1 amide bonds. The van der Waals surface area contributed by atoms with Crippen molar-refractivity contribution < 1.29 is 9.18 Å². The molecule has 3 N–H and O–H groups in total. The summed E-state index contributed by atoms with van der Waals surface area (Å²) in [6.07, 6.45) is 3.38. The molecule has 0 aliphatic rings. The van der Waals surface area contributed by atoms with Gasteiger partial charge in [0.2, 0.25) is 0 Å². The molecule has 27 heavy (non-hydrogen) atoms. The van der Waals surface area contributed by atoms with Crippen molar-refractivity contribution in [1.29, 1.82) is 0 Å². The van der Waals surface area contributed by atoms with E-state index < -0.39 is 11.7 Å². The summed E-state index contributed by atoms with van der Waals surface area (Å²) in [4.78, 5) is 22.1. The number of anilines is 2. The van der Waals surface area contributed by atoms with Crippen LogP contribution >= 0.6 is 22.9 Å². The first kappa shape index (κ1) is 17.4. The number of nitrogens with zero attached hydrogens (tertiary/aromatic N) is 2. The summed E-state index contributed by atoms with van der Waals surface area (Å²) >= 11 is 6.84. The van der Waals surface area contributed by atoms with Crippen molar-refractivity contribution in [3.63, 3.8) is 0 Å². The van der Waals surface area contributed by atoms with E-state index in [4.69, 9.17) is 17.3 Å². The van der Waals surface area contributed by atoms with Crippen molar-refractivity contribution >= 4 is 50.4 Å². The third-order valence-electron chi connectivity index (χ3n) is 3.95. The molecule has 8 heteroatoms. The van der Waals surface area contributed by atoms with Gasteiger partial charge in [-0.2, -0.15) is 0 Å². The van der Waals surface area contributed by atoms with Gasteiger partial charge in [0.15, 0.2) is 0 Å². The van der Waals surface area contributed by atoms with Crippen molar-refractivity contribution in [2.24, 2.45) is 0 Å². The van der Waals surface area contributed by atoms with Crippen LogP contribution in [0.15, 0.2) is 54.9 Å². The van der Waals surface area contributed by atoms with Crippen molar-refractivity contribution in [2.45, 2.75) is 0 Å². The Kier molecular flexibility index (Phi) is 4.47. The fourth-order valence-corrected chi connectivity index (χ4v) is 3.72. The van der Waals surface area contributed by atoms with E-state index in [1.54, 1.807) is 12.4 Å². The number of nitrogen functional groups attached to an aromatic ring is 1. The number of hydrogen-bond donors (Lipinski definition) is 2. The standard InChI is InChI=1S/C19H12ClFN4OS/c20-13-3-1-11(9-14(13)21)24-18(26)17-16(22)12-2-4-15(25-19(12)27-17)10-5-7-23-8-6-10/h1-9H,22H2,(H,24,26). The number of halogens is 2. The highest BCUT2D eigenvalue weighted by molar-refractivity contribution is 7.21. The first-order valence-electron chi connectivity index (χ1n) is 7.89. The van der Waals surface area contributed by atoms with Gasteiger partial charge in [0.25, 0.3) is 5.91 Å². The highest BCUT2D eigenvalue weighted by atomic mass is 35.5. The number of carbonyl (C=O) groups excluding carboxylic acids is 1. The Morgan fingerprint density at radius 1 is 1.15 bits per heavy atom. The summed E-state index contributed by atoms with van der Waals surface area (Å²) in [6, 6.07) is 11.4. The second kappa shape index (κ2) is 6.94. The van der Waals surface area contributed by atoms with E-state index in [0.29, 0.717) is 26.5 Å². The van der Waals surface area contributed by atoms with E-state index in [1.807, 2.05) is 24.3 Å². The van der Waals surface area contributed by atoms with E-state index in [9.17, 15) is 9.18 Å². The predicted octanol–water partition coefficient (Wildman–Crippen LogP) is 4.99. The minimum Gasteiger partial charge on any atom is -0.397 e. The lowest BCUT2D eigenvalue weighted by Gasteiger charge is -2.05. The number of amides is 1. The van der Waals surface area contributed by atoms with Crippen molar-refractivity contribution in [3.05, 3.63) is 70.6 Å². The summed E-state index contributed by atoms with van der Waals surface area (Å²) in [5.74, 6) is -1.04. The van der Waals surface area contributed by atoms with Crippen LogP contribution in [-0.2, 0) is 0 Å². The van der Waals surface area contributed by atoms with Crippen LogP contribution in [0.4, 0.5) is 15.8 Å². The third kappa shape index (κ3) is 3.34. The molecule has 0 aliphatic carbocycles. The minimum atomic E-state index is -0.609. The number of benzene rings is 1. The monoisotopic (exact) mass is 398 g/mol. The summed E-state index contributed by atoms with van der Waals surface area (Å²) in [7, 11) is 0. The van der Waals surface area contributed by atoms with Crippen LogP contribution < -0.4 is 11.1 Å². The van der Waals surface area contributed by atoms with Crippen LogP contribution in [-0.4, -0.2) is 15.9 Å². The lowest BCUT2D eigenvalue weighted by atomic mass is 10.1. The molecule has 0 saturated carbocycles. The van der Waals surface area contributed by atoms with Gasteiger partial charge in [-0.15, -0.1) is 11.3 Å². The predicted molar refractivity (Wildman–Crippen MR) is 107 cm³/mol. The Labute approximate surface area is 162 Å². The lowest BCUT2D eigenvalue weighted by molar-refractivity contribution is 0.103. The van der Waals surface area contributed by atoms with Gasteiger partial charge in [-0.3, -0.25) is 9.78 Å². The van der Waals surface area contributed by atoms with Gasteiger partial charge in [-0.25, -0.2) is 9.37 Å². The number of aromatic nitrogens is 2. The van der Waals surface area contributed by atoms with Gasteiger partial charge in [0.1, 0.15) is 15.5 Å². The first-order chi connectivity index (χ1) is 13.0. The zero-order valence-corrected chi connectivity index (χ0v) is 15.3. The number of nitrogens with two attached hydrogens (primary N) is 1. The molecular weight excluding hydrogens is 387 g/mol. The molecule has 1 aromatic carbocycles. The molecule has 0 saturated heterocycles. The number of fused-ring (bicyclic) bond motifs is 1. The average Bonchev–Trinajstić information content (AvgIpc) is 3.02. The molecule has 0 radical (unpaired) electrons. The van der Waals surface area contributed by atoms with Crippen LogP contribution in [0.5, 0.6) is 0 Å². The van der Waals surface area contributed by atoms with Crippen LogP contribution in [0.2, 0.25) is 5.02 Å². The van der Waals surface area contributed by atoms with Crippen molar-refractivity contribution in [1.82, 2.24) is 9.97 Å². The number of rotatable bonds is 3. The quantitative estimate of drug-likeness (QED) is 0.509. The number of hydrogen-bond acceptors (Lipinski definition) is 5. The Morgan fingerprint density at radius 2 is 1.93 bits per heavy atom. The second-order valence-electron chi connectivity index (χ2n) is 5.71. The smallest absolute Gasteiger partial charge is 0.267 e. The molecule has 3 aromatic heterocycles. The van der Waals surface area contributed by atoms with Gasteiger partial charge < -0.3 is 11.1 Å². The highest BCUT2D eigenvalue weighted by Gasteiger charge is 2.18. The highest BCUT2D eigenvalue weighted by Crippen LogP contribution is 2.34. The third-order valence-corrected chi connectivity index (χ3v) is 5.37. The van der Waals surface area contributed by atoms with E-state index in [2.05, 4.69) is 15.3 Å². The van der Waals surface area contributed by atoms with E-state index in [1.165, 1.54) is 23.5 Å². The van der Waals surface area contributed by atoms with Crippen LogP contribution in [0.3, 0.4) is 0 Å². The van der Waals surface area contributed by atoms with E-state index >= 15 is 0 Å². The Balaban J connectivity index is 1.68. The molecule has 134 valence electrons. The lowest BCUT2D eigenvalue weighted by Crippen LogP contribution is -2.12. The molecule has 0 atom stereocenters. The van der Waals surface area contributed by atoms with Gasteiger partial charge in [0.05, 0.1) is 16.4 Å². The van der Waals surface area contributed by atoms with Gasteiger partial charge in [0, 0.05) is 29.0 Å². The summed E-state index contributed by atoms with van der Waals surface area (Å²) < 4.78 is 13.6. The van der Waals surface area contributed by atoms with Gasteiger partial charge >= 0.3 is 0 Å². The van der Waals surface area contributed by atoms with Crippen molar-refractivity contribution in [3.8, 4) is 11.3 Å². The molecule has 3 heterocycles. The molecule has 0 aliphatic heterocycles. The molecular formula is C19H12ClFN4OS. The molecule has 0 spiro atoms. The normalized spacial score (nSPS) is 10.9. The van der Waals surface area contributed by atoms with Crippen LogP contribution in [0.1, 0.15) is 9.67 Å². The van der Waals surface area contributed by atoms with Gasteiger partial charge in [-0.1, -0.05) is 11.6 Å².